The lowest BCUT2D eigenvalue weighted by atomic mass is 10.1. The molecule has 124 valence electrons. The Kier molecular flexibility index (Phi) is 5.06. The first-order valence-electron chi connectivity index (χ1n) is 7.58. The van der Waals surface area contributed by atoms with E-state index >= 15 is 0 Å². The van der Waals surface area contributed by atoms with Crippen molar-refractivity contribution >= 4 is 21.6 Å². The summed E-state index contributed by atoms with van der Waals surface area (Å²) in [7, 11) is -0.961. The molecule has 3 heterocycles. The van der Waals surface area contributed by atoms with Crippen molar-refractivity contribution in [2.24, 2.45) is 7.05 Å². The molecule has 2 saturated heterocycles. The summed E-state index contributed by atoms with van der Waals surface area (Å²) in [5.74, 6) is 2.22. The normalized spacial score (nSPS) is 25.6. The van der Waals surface area contributed by atoms with Crippen molar-refractivity contribution in [2.75, 3.05) is 50.1 Å². The minimum atomic E-state index is -2.89. The summed E-state index contributed by atoms with van der Waals surface area (Å²) in [6.07, 6.45) is 0.659. The molecule has 1 aromatic heterocycles. The fourth-order valence-electron chi connectivity index (χ4n) is 2.90. The third-order valence-electron chi connectivity index (χ3n) is 4.21. The van der Waals surface area contributed by atoms with Gasteiger partial charge in [0.1, 0.15) is 5.82 Å². The number of rotatable bonds is 5. The molecule has 0 radical (unpaired) electrons. The van der Waals surface area contributed by atoms with Crippen LogP contribution in [0.25, 0.3) is 0 Å². The minimum absolute atomic E-state index is 0.00362. The lowest BCUT2D eigenvalue weighted by Gasteiger charge is -2.26. The maximum absolute atomic E-state index is 11.6. The van der Waals surface area contributed by atoms with Crippen molar-refractivity contribution in [3.63, 3.8) is 0 Å². The maximum Gasteiger partial charge on any atom is 0.191 e. The molecular weight excluding hydrogens is 324 g/mol. The second-order valence-corrected chi connectivity index (χ2v) is 9.09. The number of thioether (sulfide) groups is 1. The molecule has 2 aliphatic rings. The topological polar surface area (TPSA) is 77.3 Å². The molecule has 2 fully saturated rings. The van der Waals surface area contributed by atoms with Gasteiger partial charge in [-0.15, -0.1) is 10.2 Å². The molecular formula is C13H22N4O3S2. The molecule has 0 aromatic carbocycles. The summed E-state index contributed by atoms with van der Waals surface area (Å²) < 4.78 is 30.5. The largest absolute Gasteiger partial charge is 0.379 e. The maximum atomic E-state index is 11.6. The van der Waals surface area contributed by atoms with E-state index in [1.807, 2.05) is 11.6 Å². The van der Waals surface area contributed by atoms with Gasteiger partial charge in [0.15, 0.2) is 15.0 Å². The third kappa shape index (κ3) is 3.81. The zero-order valence-corrected chi connectivity index (χ0v) is 14.4. The molecule has 0 spiro atoms. The van der Waals surface area contributed by atoms with E-state index in [0.29, 0.717) is 6.42 Å². The van der Waals surface area contributed by atoms with E-state index in [9.17, 15) is 8.42 Å². The van der Waals surface area contributed by atoms with Gasteiger partial charge in [0.25, 0.3) is 0 Å². The number of nitrogens with zero attached hydrogens (tertiary/aromatic N) is 4. The van der Waals surface area contributed by atoms with E-state index in [4.69, 9.17) is 4.74 Å². The van der Waals surface area contributed by atoms with Gasteiger partial charge in [-0.1, -0.05) is 11.8 Å². The van der Waals surface area contributed by atoms with Crippen LogP contribution in [-0.4, -0.2) is 78.2 Å². The molecule has 0 saturated carbocycles. The quantitative estimate of drug-likeness (QED) is 0.702. The van der Waals surface area contributed by atoms with Crippen LogP contribution in [0.4, 0.5) is 0 Å². The van der Waals surface area contributed by atoms with E-state index in [1.165, 1.54) is 0 Å². The Morgan fingerprint density at radius 2 is 2.09 bits per heavy atom. The highest BCUT2D eigenvalue weighted by atomic mass is 32.2. The van der Waals surface area contributed by atoms with Crippen molar-refractivity contribution in [1.82, 2.24) is 19.7 Å². The predicted octanol–water partition coefficient (Wildman–Crippen LogP) is 0.142. The second-order valence-electron chi connectivity index (χ2n) is 5.80. The summed E-state index contributed by atoms with van der Waals surface area (Å²) >= 11 is 1.68. The molecule has 1 aromatic rings. The van der Waals surface area contributed by atoms with Gasteiger partial charge in [0.2, 0.25) is 0 Å². The summed E-state index contributed by atoms with van der Waals surface area (Å²) in [4.78, 5) is 2.39. The zero-order valence-electron chi connectivity index (χ0n) is 12.8. The van der Waals surface area contributed by atoms with Crippen LogP contribution < -0.4 is 0 Å². The van der Waals surface area contributed by atoms with Crippen LogP contribution in [0.15, 0.2) is 5.16 Å². The third-order valence-corrected chi connectivity index (χ3v) is 6.98. The number of aromatic nitrogens is 3. The molecule has 9 heteroatoms. The van der Waals surface area contributed by atoms with Crippen LogP contribution >= 0.6 is 11.8 Å². The first-order chi connectivity index (χ1) is 10.6. The average molecular weight is 346 g/mol. The Balaban J connectivity index is 1.54. The molecule has 0 aliphatic carbocycles. The molecule has 0 amide bonds. The monoisotopic (exact) mass is 346 g/mol. The number of hydrogen-bond donors (Lipinski definition) is 0. The standard InChI is InChI=1S/C13H22N4O3S2/c1-16-12(11-2-9-22(18,19)10-11)14-15-13(16)21-8-5-17-3-6-20-7-4-17/h11H,2-10H2,1H3/t11-/m1/s1. The number of morpholine rings is 1. The molecule has 22 heavy (non-hydrogen) atoms. The summed E-state index contributed by atoms with van der Waals surface area (Å²) in [5, 5.41) is 9.32. The van der Waals surface area contributed by atoms with Crippen LogP contribution in [0.1, 0.15) is 18.2 Å². The molecule has 0 bridgehead atoms. The Morgan fingerprint density at radius 1 is 1.32 bits per heavy atom. The summed E-state index contributed by atoms with van der Waals surface area (Å²) in [6.45, 7) is 4.62. The Bertz CT molecular complexity index is 611. The van der Waals surface area contributed by atoms with Gasteiger partial charge in [0.05, 0.1) is 24.7 Å². The number of hydrogen-bond acceptors (Lipinski definition) is 7. The highest BCUT2D eigenvalue weighted by Gasteiger charge is 2.32. The average Bonchev–Trinajstić information content (AvgIpc) is 3.03. The van der Waals surface area contributed by atoms with Gasteiger partial charge < -0.3 is 9.30 Å². The van der Waals surface area contributed by atoms with E-state index in [0.717, 1.165) is 49.6 Å². The van der Waals surface area contributed by atoms with Gasteiger partial charge in [-0.25, -0.2) is 8.42 Å². The fourth-order valence-corrected chi connectivity index (χ4v) is 5.55. The Hall–Kier alpha value is -0.640. The Morgan fingerprint density at radius 3 is 2.77 bits per heavy atom. The van der Waals surface area contributed by atoms with Crippen molar-refractivity contribution in [1.29, 1.82) is 0 Å². The van der Waals surface area contributed by atoms with E-state index < -0.39 is 9.84 Å². The van der Waals surface area contributed by atoms with Crippen molar-refractivity contribution in [3.05, 3.63) is 5.82 Å². The van der Waals surface area contributed by atoms with Crippen LogP contribution in [0, 0.1) is 0 Å². The van der Waals surface area contributed by atoms with Crippen LogP contribution in [0.3, 0.4) is 0 Å². The lowest BCUT2D eigenvalue weighted by molar-refractivity contribution is 0.0410. The molecule has 0 unspecified atom stereocenters. The van der Waals surface area contributed by atoms with Crippen LogP contribution in [0.2, 0.25) is 0 Å². The summed E-state index contributed by atoms with van der Waals surface area (Å²) in [6, 6.07) is 0. The second kappa shape index (κ2) is 6.86. The zero-order chi connectivity index (χ0) is 15.6. The molecule has 1 atom stereocenters. The molecule has 0 N–H and O–H groups in total. The van der Waals surface area contributed by atoms with Crippen LogP contribution in [-0.2, 0) is 21.6 Å². The molecule has 3 rings (SSSR count). The van der Waals surface area contributed by atoms with E-state index in [2.05, 4.69) is 15.1 Å². The van der Waals surface area contributed by atoms with E-state index in [-0.39, 0.29) is 17.4 Å². The lowest BCUT2D eigenvalue weighted by Crippen LogP contribution is -2.37. The first-order valence-corrected chi connectivity index (χ1v) is 10.4. The van der Waals surface area contributed by atoms with Crippen molar-refractivity contribution in [3.8, 4) is 0 Å². The SMILES string of the molecule is Cn1c(SCCN2CCOCC2)nnc1[C@@H]1CCS(=O)(=O)C1. The fraction of sp³-hybridized carbons (Fsp3) is 0.846. The molecule has 7 nitrogen and oxygen atoms in total. The smallest absolute Gasteiger partial charge is 0.191 e. The Labute approximate surface area is 135 Å². The van der Waals surface area contributed by atoms with Crippen molar-refractivity contribution < 1.29 is 13.2 Å². The highest BCUT2D eigenvalue weighted by Crippen LogP contribution is 2.29. The predicted molar refractivity (Wildman–Crippen MR) is 85.0 cm³/mol. The van der Waals surface area contributed by atoms with Crippen LogP contribution in [0.5, 0.6) is 0 Å². The molecule has 2 aliphatic heterocycles. The highest BCUT2D eigenvalue weighted by molar-refractivity contribution is 7.99. The minimum Gasteiger partial charge on any atom is -0.379 e. The van der Waals surface area contributed by atoms with Gasteiger partial charge in [-0.3, -0.25) is 4.90 Å². The van der Waals surface area contributed by atoms with Gasteiger partial charge in [-0.2, -0.15) is 0 Å². The first kappa shape index (κ1) is 16.2. The van der Waals surface area contributed by atoms with Gasteiger partial charge in [0, 0.05) is 38.4 Å². The number of sulfone groups is 1. The van der Waals surface area contributed by atoms with Gasteiger partial charge in [-0.05, 0) is 6.42 Å². The van der Waals surface area contributed by atoms with Crippen molar-refractivity contribution in [2.45, 2.75) is 17.5 Å². The van der Waals surface area contributed by atoms with E-state index in [1.54, 1.807) is 11.8 Å². The number of ether oxygens (including phenoxy) is 1. The van der Waals surface area contributed by atoms with Gasteiger partial charge >= 0.3 is 0 Å². The summed E-state index contributed by atoms with van der Waals surface area (Å²) in [5.41, 5.74) is 0.